The highest BCUT2D eigenvalue weighted by Gasteiger charge is 2.18. The van der Waals surface area contributed by atoms with Gasteiger partial charge in [-0.25, -0.2) is 0 Å². The van der Waals surface area contributed by atoms with E-state index in [0.29, 0.717) is 11.7 Å². The normalized spacial score (nSPS) is 14.6. The van der Waals surface area contributed by atoms with Gasteiger partial charge in [-0.2, -0.15) is 0 Å². The number of aliphatic hydroxyl groups is 1. The Balaban J connectivity index is 2.84. The first-order valence-corrected chi connectivity index (χ1v) is 7.62. The standard InChI is InChI=1S/C15H24BrNO2/c1-4-14(17-12(9-18)7-10(2)3)13-8-11(16)5-6-15(13)19/h5-6,8,10,12,14,17-19H,4,7,9H2,1-3H3. The molecule has 0 radical (unpaired) electrons. The van der Waals surface area contributed by atoms with Gasteiger partial charge in [0.15, 0.2) is 0 Å². The number of hydrogen-bond acceptors (Lipinski definition) is 3. The van der Waals surface area contributed by atoms with E-state index in [1.807, 2.05) is 12.1 Å². The summed E-state index contributed by atoms with van der Waals surface area (Å²) in [6.45, 7) is 6.47. The van der Waals surface area contributed by atoms with E-state index in [1.54, 1.807) is 6.07 Å². The fraction of sp³-hybridized carbons (Fsp3) is 0.600. The van der Waals surface area contributed by atoms with Crippen LogP contribution in [0.15, 0.2) is 22.7 Å². The van der Waals surface area contributed by atoms with Gasteiger partial charge in [-0.15, -0.1) is 0 Å². The van der Waals surface area contributed by atoms with E-state index >= 15 is 0 Å². The van der Waals surface area contributed by atoms with Crippen LogP contribution in [0.3, 0.4) is 0 Å². The second kappa shape index (κ2) is 7.88. The minimum absolute atomic E-state index is 0.0494. The summed E-state index contributed by atoms with van der Waals surface area (Å²) in [7, 11) is 0. The summed E-state index contributed by atoms with van der Waals surface area (Å²) in [6, 6.07) is 5.56. The van der Waals surface area contributed by atoms with Crippen LogP contribution in [0.1, 0.15) is 45.2 Å². The van der Waals surface area contributed by atoms with Crippen molar-refractivity contribution >= 4 is 15.9 Å². The Kier molecular flexibility index (Phi) is 6.83. The summed E-state index contributed by atoms with van der Waals surface area (Å²) in [4.78, 5) is 0. The first-order chi connectivity index (χ1) is 8.97. The number of halogens is 1. The third-order valence-corrected chi connectivity index (χ3v) is 3.68. The molecule has 0 aromatic heterocycles. The van der Waals surface area contributed by atoms with Crippen molar-refractivity contribution in [2.24, 2.45) is 5.92 Å². The number of nitrogens with one attached hydrogen (secondary N) is 1. The molecule has 0 aliphatic heterocycles. The average molecular weight is 330 g/mol. The number of phenols is 1. The number of phenolic OH excluding ortho intramolecular Hbond substituents is 1. The van der Waals surface area contributed by atoms with E-state index < -0.39 is 0 Å². The van der Waals surface area contributed by atoms with Crippen LogP contribution in [0.2, 0.25) is 0 Å². The SMILES string of the molecule is CCC(NC(CO)CC(C)C)c1cc(Br)ccc1O. The maximum Gasteiger partial charge on any atom is 0.120 e. The number of benzene rings is 1. The van der Waals surface area contributed by atoms with E-state index in [9.17, 15) is 10.2 Å². The highest BCUT2D eigenvalue weighted by molar-refractivity contribution is 9.10. The lowest BCUT2D eigenvalue weighted by atomic mass is 9.99. The zero-order valence-corrected chi connectivity index (χ0v) is 13.4. The monoisotopic (exact) mass is 329 g/mol. The molecule has 4 heteroatoms. The van der Waals surface area contributed by atoms with Gasteiger partial charge in [0.1, 0.15) is 5.75 Å². The minimum Gasteiger partial charge on any atom is -0.508 e. The molecule has 0 aliphatic carbocycles. The molecule has 108 valence electrons. The van der Waals surface area contributed by atoms with Gasteiger partial charge in [-0.3, -0.25) is 0 Å². The van der Waals surface area contributed by atoms with Crippen LogP contribution in [0.25, 0.3) is 0 Å². The second-order valence-corrected chi connectivity index (χ2v) is 6.26. The second-order valence-electron chi connectivity index (χ2n) is 5.34. The van der Waals surface area contributed by atoms with Gasteiger partial charge in [0, 0.05) is 22.1 Å². The summed E-state index contributed by atoms with van der Waals surface area (Å²) >= 11 is 3.43. The van der Waals surface area contributed by atoms with Gasteiger partial charge in [0.05, 0.1) is 6.61 Å². The van der Waals surface area contributed by atoms with Crippen molar-refractivity contribution in [3.63, 3.8) is 0 Å². The first-order valence-electron chi connectivity index (χ1n) is 6.83. The van der Waals surface area contributed by atoms with E-state index in [-0.39, 0.29) is 18.7 Å². The van der Waals surface area contributed by atoms with Gasteiger partial charge in [-0.1, -0.05) is 36.7 Å². The molecule has 1 aromatic rings. The van der Waals surface area contributed by atoms with E-state index in [0.717, 1.165) is 22.9 Å². The Hall–Kier alpha value is -0.580. The lowest BCUT2D eigenvalue weighted by molar-refractivity contribution is 0.211. The molecule has 2 unspecified atom stereocenters. The lowest BCUT2D eigenvalue weighted by Crippen LogP contribution is -2.36. The molecule has 0 spiro atoms. The lowest BCUT2D eigenvalue weighted by Gasteiger charge is -2.26. The van der Waals surface area contributed by atoms with Crippen molar-refractivity contribution in [3.8, 4) is 5.75 Å². The van der Waals surface area contributed by atoms with Crippen molar-refractivity contribution in [3.05, 3.63) is 28.2 Å². The van der Waals surface area contributed by atoms with Crippen molar-refractivity contribution in [2.45, 2.75) is 45.7 Å². The summed E-state index contributed by atoms with van der Waals surface area (Å²) in [5.74, 6) is 0.821. The first kappa shape index (κ1) is 16.5. The van der Waals surface area contributed by atoms with Crippen LogP contribution in [0, 0.1) is 5.92 Å². The van der Waals surface area contributed by atoms with Gasteiger partial charge in [0.2, 0.25) is 0 Å². The third-order valence-electron chi connectivity index (χ3n) is 3.19. The highest BCUT2D eigenvalue weighted by atomic mass is 79.9. The molecule has 3 nitrogen and oxygen atoms in total. The smallest absolute Gasteiger partial charge is 0.120 e. The molecule has 0 fully saturated rings. The number of rotatable bonds is 7. The minimum atomic E-state index is 0.0494. The van der Waals surface area contributed by atoms with Crippen molar-refractivity contribution in [1.82, 2.24) is 5.32 Å². The van der Waals surface area contributed by atoms with Crippen LogP contribution in [-0.2, 0) is 0 Å². The average Bonchev–Trinajstić information content (AvgIpc) is 2.37. The van der Waals surface area contributed by atoms with Crippen molar-refractivity contribution in [2.75, 3.05) is 6.61 Å². The third kappa shape index (κ3) is 5.13. The summed E-state index contributed by atoms with van der Waals surface area (Å²) < 4.78 is 0.949. The Morgan fingerprint density at radius 3 is 2.53 bits per heavy atom. The summed E-state index contributed by atoms with van der Waals surface area (Å²) in [5, 5.41) is 22.9. The van der Waals surface area contributed by atoms with Crippen LogP contribution in [0.5, 0.6) is 5.75 Å². The molecule has 19 heavy (non-hydrogen) atoms. The molecule has 0 amide bonds. The molecule has 0 heterocycles. The molecule has 3 N–H and O–H groups in total. The molecule has 2 atom stereocenters. The van der Waals surface area contributed by atoms with Gasteiger partial charge < -0.3 is 15.5 Å². The molecule has 1 rings (SSSR count). The van der Waals surface area contributed by atoms with E-state index in [1.165, 1.54) is 0 Å². The molecular weight excluding hydrogens is 306 g/mol. The van der Waals surface area contributed by atoms with E-state index in [4.69, 9.17) is 0 Å². The fourth-order valence-corrected chi connectivity index (χ4v) is 2.66. The van der Waals surface area contributed by atoms with Crippen molar-refractivity contribution < 1.29 is 10.2 Å². The van der Waals surface area contributed by atoms with Crippen LogP contribution in [-0.4, -0.2) is 22.9 Å². The van der Waals surface area contributed by atoms with E-state index in [2.05, 4.69) is 42.0 Å². The van der Waals surface area contributed by atoms with Crippen LogP contribution >= 0.6 is 15.9 Å². The number of aliphatic hydroxyl groups excluding tert-OH is 1. The summed E-state index contributed by atoms with van der Waals surface area (Å²) in [6.07, 6.45) is 1.78. The van der Waals surface area contributed by atoms with Crippen LogP contribution < -0.4 is 5.32 Å². The van der Waals surface area contributed by atoms with Gasteiger partial charge in [0.25, 0.3) is 0 Å². The number of aromatic hydroxyl groups is 1. The fourth-order valence-electron chi connectivity index (χ4n) is 2.28. The summed E-state index contributed by atoms with van der Waals surface area (Å²) in [5.41, 5.74) is 0.874. The van der Waals surface area contributed by atoms with Gasteiger partial charge >= 0.3 is 0 Å². The maximum atomic E-state index is 9.98. The Morgan fingerprint density at radius 2 is 2.00 bits per heavy atom. The zero-order valence-electron chi connectivity index (χ0n) is 11.9. The maximum absolute atomic E-state index is 9.98. The zero-order chi connectivity index (χ0) is 14.4. The molecule has 0 saturated heterocycles. The van der Waals surface area contributed by atoms with Crippen molar-refractivity contribution in [1.29, 1.82) is 0 Å². The molecule has 0 aliphatic rings. The van der Waals surface area contributed by atoms with Crippen LogP contribution in [0.4, 0.5) is 0 Å². The highest BCUT2D eigenvalue weighted by Crippen LogP contribution is 2.30. The topological polar surface area (TPSA) is 52.5 Å². The molecule has 1 aromatic carbocycles. The van der Waals surface area contributed by atoms with Gasteiger partial charge in [-0.05, 0) is 37.0 Å². The Bertz CT molecular complexity index is 396. The Labute approximate surface area is 124 Å². The Morgan fingerprint density at radius 1 is 1.32 bits per heavy atom. The molecular formula is C15H24BrNO2. The predicted octanol–water partition coefficient (Wildman–Crippen LogP) is 3.60. The largest absolute Gasteiger partial charge is 0.508 e. The predicted molar refractivity (Wildman–Crippen MR) is 82.3 cm³/mol. The molecule has 0 saturated carbocycles. The number of hydrogen-bond donors (Lipinski definition) is 3. The quantitative estimate of drug-likeness (QED) is 0.716. The molecule has 0 bridgehead atoms.